The number of nitrogens with zero attached hydrogens (tertiary/aromatic N) is 3. The van der Waals surface area contributed by atoms with Gasteiger partial charge in [-0.2, -0.15) is 5.06 Å². The maximum Gasteiger partial charge on any atom is 0.436 e. The molecule has 3 fully saturated rings. The van der Waals surface area contributed by atoms with E-state index in [9.17, 15) is 19.2 Å². The lowest BCUT2D eigenvalue weighted by molar-refractivity contribution is -0.269. The summed E-state index contributed by atoms with van der Waals surface area (Å²) in [5.74, 6) is -1.26. The van der Waals surface area contributed by atoms with Gasteiger partial charge in [-0.05, 0) is 41.0 Å². The quantitative estimate of drug-likeness (QED) is 0.562. The Morgan fingerprint density at radius 2 is 1.75 bits per heavy atom. The lowest BCUT2D eigenvalue weighted by Gasteiger charge is -2.53. The lowest BCUT2D eigenvalue weighted by Crippen LogP contribution is -2.74. The first kappa shape index (κ1) is 27.9. The molecule has 214 valence electrons. The summed E-state index contributed by atoms with van der Waals surface area (Å²) in [5.41, 5.74) is 6.23. The zero-order valence-corrected chi connectivity index (χ0v) is 23.2. The van der Waals surface area contributed by atoms with E-state index in [2.05, 4.69) is 0 Å². The molecule has 3 atom stereocenters. The molecule has 2 heterocycles. The van der Waals surface area contributed by atoms with E-state index in [4.69, 9.17) is 15.3 Å². The smallest absolute Gasteiger partial charge is 0.436 e. The van der Waals surface area contributed by atoms with Crippen molar-refractivity contribution in [3.8, 4) is 0 Å². The van der Waals surface area contributed by atoms with Crippen LogP contribution in [0, 0.1) is 11.8 Å². The summed E-state index contributed by atoms with van der Waals surface area (Å²) in [4.78, 5) is 61.8. The Balaban J connectivity index is 1.42. The second-order valence-electron chi connectivity index (χ2n) is 11.4. The molecule has 0 spiro atoms. The number of hydroxylamine groups is 2. The van der Waals surface area contributed by atoms with Crippen molar-refractivity contribution in [3.63, 3.8) is 0 Å². The third-order valence-corrected chi connectivity index (χ3v) is 8.24. The van der Waals surface area contributed by atoms with E-state index in [1.54, 1.807) is 4.90 Å². The number of primary amides is 1. The molecule has 3 aliphatic rings. The highest BCUT2D eigenvalue weighted by Gasteiger charge is 2.54. The Kier molecular flexibility index (Phi) is 8.25. The summed E-state index contributed by atoms with van der Waals surface area (Å²) in [5, 5.41) is 3.02. The lowest BCUT2D eigenvalue weighted by atomic mass is 9.88. The van der Waals surface area contributed by atoms with Gasteiger partial charge in [0.2, 0.25) is 11.8 Å². The Hall–Kier alpha value is -3.66. The molecule has 0 radical (unpaired) electrons. The van der Waals surface area contributed by atoms with Gasteiger partial charge in [0.05, 0.1) is 13.0 Å². The average Bonchev–Trinajstić information content (AvgIpc) is 2.94. The SMILES string of the molecule is CC(C)[C@H]1C(=O)N(CC2CCCCC2)C[C@@H]2N(C(=O)OCc3cccc4ccccc34)O[C@@H](CC(N)=O)C(=O)N12. The zero-order chi connectivity index (χ0) is 28.4. The van der Waals surface area contributed by atoms with Gasteiger partial charge >= 0.3 is 6.09 Å². The molecular formula is C30H38N4O6. The van der Waals surface area contributed by atoms with Gasteiger partial charge < -0.3 is 20.3 Å². The number of carbonyl (C=O) groups is 4. The van der Waals surface area contributed by atoms with Crippen LogP contribution >= 0.6 is 0 Å². The van der Waals surface area contributed by atoms with Gasteiger partial charge in [0.1, 0.15) is 12.6 Å². The molecule has 1 saturated carbocycles. The number of nitrogens with two attached hydrogens (primary N) is 1. The minimum atomic E-state index is -1.32. The fraction of sp³-hybridized carbons (Fsp3) is 0.533. The van der Waals surface area contributed by atoms with Crippen LogP contribution in [-0.4, -0.2) is 70.1 Å². The summed E-state index contributed by atoms with van der Waals surface area (Å²) in [6.45, 7) is 4.41. The third kappa shape index (κ3) is 5.63. The van der Waals surface area contributed by atoms with Crippen LogP contribution in [0.25, 0.3) is 10.8 Å². The maximum absolute atomic E-state index is 13.7. The first-order chi connectivity index (χ1) is 19.2. The number of rotatable bonds is 7. The molecule has 5 rings (SSSR count). The number of hydrogen-bond acceptors (Lipinski definition) is 6. The van der Waals surface area contributed by atoms with Gasteiger partial charge in [-0.15, -0.1) is 0 Å². The van der Waals surface area contributed by atoms with Gasteiger partial charge in [0, 0.05) is 6.54 Å². The molecule has 2 aliphatic heterocycles. The van der Waals surface area contributed by atoms with E-state index in [1.165, 1.54) is 11.3 Å². The van der Waals surface area contributed by atoms with Crippen LogP contribution in [0.2, 0.25) is 0 Å². The average molecular weight is 551 g/mol. The molecule has 2 N–H and O–H groups in total. The van der Waals surface area contributed by atoms with Crippen molar-refractivity contribution < 1.29 is 28.8 Å². The van der Waals surface area contributed by atoms with Crippen molar-refractivity contribution >= 4 is 34.6 Å². The van der Waals surface area contributed by atoms with Gasteiger partial charge in [-0.1, -0.05) is 75.6 Å². The van der Waals surface area contributed by atoms with E-state index in [-0.39, 0.29) is 25.0 Å². The number of piperazine rings is 1. The van der Waals surface area contributed by atoms with Gasteiger partial charge in [-0.3, -0.25) is 19.2 Å². The van der Waals surface area contributed by atoms with Crippen molar-refractivity contribution in [1.29, 1.82) is 0 Å². The zero-order valence-electron chi connectivity index (χ0n) is 23.2. The molecule has 2 saturated heterocycles. The largest absolute Gasteiger partial charge is 0.443 e. The predicted molar refractivity (Wildman–Crippen MR) is 147 cm³/mol. The van der Waals surface area contributed by atoms with Crippen molar-refractivity contribution in [2.75, 3.05) is 13.1 Å². The first-order valence-corrected chi connectivity index (χ1v) is 14.2. The van der Waals surface area contributed by atoms with E-state index >= 15 is 0 Å². The van der Waals surface area contributed by atoms with Crippen molar-refractivity contribution in [3.05, 3.63) is 48.0 Å². The molecule has 10 nitrogen and oxygen atoms in total. The molecular weight excluding hydrogens is 512 g/mol. The summed E-state index contributed by atoms with van der Waals surface area (Å²) >= 11 is 0. The monoisotopic (exact) mass is 550 g/mol. The molecule has 1 aliphatic carbocycles. The van der Waals surface area contributed by atoms with Crippen molar-refractivity contribution in [2.24, 2.45) is 17.6 Å². The van der Waals surface area contributed by atoms with Crippen LogP contribution in [0.5, 0.6) is 0 Å². The third-order valence-electron chi connectivity index (χ3n) is 8.24. The second kappa shape index (κ2) is 11.8. The Labute approximate surface area is 234 Å². The highest BCUT2D eigenvalue weighted by molar-refractivity contribution is 5.94. The number of ether oxygens (including phenoxy) is 1. The molecule has 10 heteroatoms. The second-order valence-corrected chi connectivity index (χ2v) is 11.4. The Morgan fingerprint density at radius 1 is 1.02 bits per heavy atom. The highest BCUT2D eigenvalue weighted by Crippen LogP contribution is 2.34. The normalized spacial score (nSPS) is 24.0. The van der Waals surface area contributed by atoms with E-state index in [0.29, 0.717) is 12.5 Å². The van der Waals surface area contributed by atoms with Crippen LogP contribution in [0.4, 0.5) is 4.79 Å². The minimum absolute atomic E-state index is 0.0144. The molecule has 4 amide bonds. The van der Waals surface area contributed by atoms with Gasteiger partial charge in [0.25, 0.3) is 5.91 Å². The molecule has 2 aromatic rings. The first-order valence-electron chi connectivity index (χ1n) is 14.2. The van der Waals surface area contributed by atoms with Gasteiger partial charge in [0.15, 0.2) is 12.3 Å². The topological polar surface area (TPSA) is 122 Å². The van der Waals surface area contributed by atoms with Crippen LogP contribution in [0.1, 0.15) is 57.9 Å². The summed E-state index contributed by atoms with van der Waals surface area (Å²) < 4.78 is 5.73. The molecule has 0 aromatic heterocycles. The number of amides is 4. The standard InChI is InChI=1S/C30H38N4O6/c1-19(2)27-29(37)32(16-20-9-4-3-5-10-20)17-26-33(27)28(36)24(15-25(31)35)40-34(26)30(38)39-18-22-13-8-12-21-11-6-7-14-23(21)22/h6-8,11-14,19-20,24,26-27H,3-5,9-10,15-18H2,1-2H3,(H2,31,35)/t24-,26-,27-/m0/s1. The van der Waals surface area contributed by atoms with Crippen LogP contribution < -0.4 is 5.73 Å². The molecule has 0 unspecified atom stereocenters. The van der Waals surface area contributed by atoms with Crippen molar-refractivity contribution in [1.82, 2.24) is 14.9 Å². The van der Waals surface area contributed by atoms with E-state index in [0.717, 1.165) is 47.1 Å². The van der Waals surface area contributed by atoms with Crippen LogP contribution in [0.15, 0.2) is 42.5 Å². The molecule has 0 bridgehead atoms. The summed E-state index contributed by atoms with van der Waals surface area (Å²) in [7, 11) is 0. The fourth-order valence-corrected chi connectivity index (χ4v) is 6.30. The number of hydrogen-bond donors (Lipinski definition) is 1. The maximum atomic E-state index is 13.7. The van der Waals surface area contributed by atoms with E-state index in [1.807, 2.05) is 56.3 Å². The number of benzene rings is 2. The Bertz CT molecular complexity index is 1270. The Morgan fingerprint density at radius 3 is 2.48 bits per heavy atom. The fourth-order valence-electron chi connectivity index (χ4n) is 6.30. The molecule has 2 aromatic carbocycles. The van der Waals surface area contributed by atoms with Crippen LogP contribution in [-0.2, 0) is 30.6 Å². The molecule has 40 heavy (non-hydrogen) atoms. The number of carbonyl (C=O) groups excluding carboxylic acids is 4. The summed E-state index contributed by atoms with van der Waals surface area (Å²) in [6.07, 6.45) is 2.17. The predicted octanol–water partition coefficient (Wildman–Crippen LogP) is 3.57. The summed E-state index contributed by atoms with van der Waals surface area (Å²) in [6, 6.07) is 12.8. The van der Waals surface area contributed by atoms with Gasteiger partial charge in [-0.25, -0.2) is 4.79 Å². The van der Waals surface area contributed by atoms with Crippen molar-refractivity contribution in [2.45, 2.75) is 77.3 Å². The minimum Gasteiger partial charge on any atom is -0.443 e. The van der Waals surface area contributed by atoms with E-state index < -0.39 is 42.6 Å². The highest BCUT2D eigenvalue weighted by atomic mass is 16.7. The van der Waals surface area contributed by atoms with Crippen LogP contribution in [0.3, 0.4) is 0 Å². The number of fused-ring (bicyclic) bond motifs is 2.